The number of carbonyl (C=O) groups is 1. The quantitative estimate of drug-likeness (QED) is 0.499. The topological polar surface area (TPSA) is 111 Å². The van der Waals surface area contributed by atoms with Crippen molar-refractivity contribution in [3.05, 3.63) is 65.9 Å². The minimum absolute atomic E-state index is 0.0465. The zero-order chi connectivity index (χ0) is 21.6. The second-order valence-corrected chi connectivity index (χ2v) is 8.35. The van der Waals surface area contributed by atoms with Crippen molar-refractivity contribution < 1.29 is 22.5 Å². The first kappa shape index (κ1) is 21.4. The van der Waals surface area contributed by atoms with E-state index in [0.717, 1.165) is 5.75 Å². The van der Waals surface area contributed by atoms with Crippen LogP contribution in [0.15, 0.2) is 64.0 Å². The van der Waals surface area contributed by atoms with Gasteiger partial charge in [-0.1, -0.05) is 23.4 Å². The lowest BCUT2D eigenvalue weighted by Crippen LogP contribution is -2.14. The van der Waals surface area contributed by atoms with E-state index in [1.807, 2.05) is 30.3 Å². The Morgan fingerprint density at radius 3 is 2.40 bits per heavy atom. The van der Waals surface area contributed by atoms with Crippen molar-refractivity contribution in [1.82, 2.24) is 5.16 Å². The summed E-state index contributed by atoms with van der Waals surface area (Å²) in [7, 11) is -3.82. The number of rotatable bonds is 9. The van der Waals surface area contributed by atoms with Crippen LogP contribution in [-0.2, 0) is 14.8 Å². The molecular weight excluding hydrogens is 406 g/mol. The summed E-state index contributed by atoms with van der Waals surface area (Å²) in [6, 6.07) is 15.3. The normalized spacial score (nSPS) is 11.1. The molecule has 0 aliphatic carbocycles. The van der Waals surface area contributed by atoms with E-state index in [-0.39, 0.29) is 16.7 Å². The summed E-state index contributed by atoms with van der Waals surface area (Å²) in [6.07, 6.45) is 0.853. The van der Waals surface area contributed by atoms with Gasteiger partial charge in [-0.25, -0.2) is 13.1 Å². The largest absolute Gasteiger partial charge is 0.494 e. The minimum Gasteiger partial charge on any atom is -0.494 e. The number of benzene rings is 2. The Labute approximate surface area is 175 Å². The number of amides is 1. The van der Waals surface area contributed by atoms with Gasteiger partial charge in [-0.15, -0.1) is 0 Å². The van der Waals surface area contributed by atoms with E-state index < -0.39 is 10.0 Å². The minimum atomic E-state index is -3.82. The molecule has 0 unspecified atom stereocenters. The predicted octanol–water partition coefficient (Wildman–Crippen LogP) is 3.89. The Bertz CT molecular complexity index is 1090. The van der Waals surface area contributed by atoms with E-state index in [4.69, 9.17) is 9.26 Å². The zero-order valence-electron chi connectivity index (χ0n) is 16.7. The SMILES string of the molecule is Cc1noc(NS(=O)(=O)c2ccc(NC(=O)CCCOc3ccccc3)cc2)c1C. The molecule has 0 radical (unpaired) electrons. The first-order valence-corrected chi connectivity index (χ1v) is 10.9. The zero-order valence-corrected chi connectivity index (χ0v) is 17.5. The lowest BCUT2D eigenvalue weighted by molar-refractivity contribution is -0.116. The van der Waals surface area contributed by atoms with Gasteiger partial charge in [0.25, 0.3) is 10.0 Å². The number of hydrogen-bond acceptors (Lipinski definition) is 6. The molecule has 30 heavy (non-hydrogen) atoms. The third kappa shape index (κ3) is 5.60. The number of hydrogen-bond donors (Lipinski definition) is 2. The average Bonchev–Trinajstić information content (AvgIpc) is 3.04. The summed E-state index contributed by atoms with van der Waals surface area (Å²) < 4.78 is 37.9. The molecule has 0 saturated heterocycles. The van der Waals surface area contributed by atoms with Gasteiger partial charge in [0.2, 0.25) is 11.8 Å². The van der Waals surface area contributed by atoms with Crippen LogP contribution in [0.1, 0.15) is 24.1 Å². The van der Waals surface area contributed by atoms with Crippen molar-refractivity contribution >= 4 is 27.5 Å². The van der Waals surface area contributed by atoms with Crippen LogP contribution in [0.25, 0.3) is 0 Å². The van der Waals surface area contributed by atoms with Crippen LogP contribution in [0.2, 0.25) is 0 Å². The summed E-state index contributed by atoms with van der Waals surface area (Å²) >= 11 is 0. The highest BCUT2D eigenvalue weighted by Gasteiger charge is 2.19. The molecule has 1 aromatic heterocycles. The monoisotopic (exact) mass is 429 g/mol. The molecule has 0 atom stereocenters. The van der Waals surface area contributed by atoms with Crippen LogP contribution < -0.4 is 14.8 Å². The van der Waals surface area contributed by atoms with Crippen LogP contribution in [-0.4, -0.2) is 26.1 Å². The van der Waals surface area contributed by atoms with E-state index in [0.29, 0.717) is 36.4 Å². The van der Waals surface area contributed by atoms with E-state index in [1.165, 1.54) is 24.3 Å². The Hall–Kier alpha value is -3.33. The molecule has 3 rings (SSSR count). The fourth-order valence-electron chi connectivity index (χ4n) is 2.57. The van der Waals surface area contributed by atoms with E-state index in [2.05, 4.69) is 15.2 Å². The van der Waals surface area contributed by atoms with Crippen molar-refractivity contribution in [3.63, 3.8) is 0 Å². The van der Waals surface area contributed by atoms with Gasteiger partial charge >= 0.3 is 0 Å². The standard InChI is InChI=1S/C21H23N3O5S/c1-15-16(2)23-29-21(15)24-30(26,27)19-12-10-17(11-13-19)22-20(25)9-6-14-28-18-7-4-3-5-8-18/h3-5,7-8,10-13,24H,6,9,14H2,1-2H3,(H,22,25). The molecule has 0 saturated carbocycles. The molecule has 3 aromatic rings. The highest BCUT2D eigenvalue weighted by Crippen LogP contribution is 2.22. The number of para-hydroxylation sites is 1. The molecule has 2 N–H and O–H groups in total. The summed E-state index contributed by atoms with van der Waals surface area (Å²) in [5.74, 6) is 0.676. The van der Waals surface area contributed by atoms with Gasteiger partial charge in [0.15, 0.2) is 0 Å². The Morgan fingerprint density at radius 1 is 1.07 bits per heavy atom. The summed E-state index contributed by atoms with van der Waals surface area (Å²) in [5.41, 5.74) is 1.74. The van der Waals surface area contributed by atoms with Gasteiger partial charge < -0.3 is 14.6 Å². The Kier molecular flexibility index (Phi) is 6.73. The fourth-order valence-corrected chi connectivity index (χ4v) is 3.62. The third-order valence-corrected chi connectivity index (χ3v) is 5.74. The first-order valence-electron chi connectivity index (χ1n) is 9.38. The highest BCUT2D eigenvalue weighted by molar-refractivity contribution is 7.92. The lowest BCUT2D eigenvalue weighted by atomic mass is 10.2. The fraction of sp³-hybridized carbons (Fsp3) is 0.238. The second-order valence-electron chi connectivity index (χ2n) is 6.67. The predicted molar refractivity (Wildman–Crippen MR) is 113 cm³/mol. The Morgan fingerprint density at radius 2 is 1.77 bits per heavy atom. The number of carbonyl (C=O) groups excluding carboxylic acids is 1. The lowest BCUT2D eigenvalue weighted by Gasteiger charge is -2.09. The summed E-state index contributed by atoms with van der Waals surface area (Å²) in [5, 5.41) is 6.47. The Balaban J connectivity index is 1.49. The summed E-state index contributed by atoms with van der Waals surface area (Å²) in [4.78, 5) is 12.1. The molecule has 0 bridgehead atoms. The van der Waals surface area contributed by atoms with Crippen molar-refractivity contribution in [1.29, 1.82) is 0 Å². The van der Waals surface area contributed by atoms with Crippen molar-refractivity contribution in [2.75, 3.05) is 16.6 Å². The molecule has 2 aromatic carbocycles. The highest BCUT2D eigenvalue weighted by atomic mass is 32.2. The first-order chi connectivity index (χ1) is 14.3. The number of anilines is 2. The van der Waals surface area contributed by atoms with Crippen LogP contribution in [0.4, 0.5) is 11.6 Å². The van der Waals surface area contributed by atoms with Gasteiger partial charge in [0, 0.05) is 17.7 Å². The number of nitrogens with one attached hydrogen (secondary N) is 2. The average molecular weight is 429 g/mol. The van der Waals surface area contributed by atoms with Crippen molar-refractivity contribution in [2.24, 2.45) is 0 Å². The van der Waals surface area contributed by atoms with Gasteiger partial charge in [-0.2, -0.15) is 0 Å². The van der Waals surface area contributed by atoms with E-state index >= 15 is 0 Å². The molecule has 8 nitrogen and oxygen atoms in total. The smallest absolute Gasteiger partial charge is 0.264 e. The number of sulfonamides is 1. The third-order valence-electron chi connectivity index (χ3n) is 4.39. The van der Waals surface area contributed by atoms with Gasteiger partial charge in [0.05, 0.1) is 17.2 Å². The number of aryl methyl sites for hydroxylation is 1. The number of ether oxygens (including phenoxy) is 1. The van der Waals surface area contributed by atoms with E-state index in [9.17, 15) is 13.2 Å². The van der Waals surface area contributed by atoms with Gasteiger partial charge in [0.1, 0.15) is 5.75 Å². The molecule has 1 amide bonds. The summed E-state index contributed by atoms with van der Waals surface area (Å²) in [6.45, 7) is 3.87. The number of aromatic nitrogens is 1. The van der Waals surface area contributed by atoms with Crippen LogP contribution >= 0.6 is 0 Å². The molecular formula is C21H23N3O5S. The van der Waals surface area contributed by atoms with Crippen LogP contribution in [0.5, 0.6) is 5.75 Å². The molecule has 9 heteroatoms. The maximum absolute atomic E-state index is 12.5. The van der Waals surface area contributed by atoms with E-state index in [1.54, 1.807) is 13.8 Å². The van der Waals surface area contributed by atoms with Crippen LogP contribution in [0, 0.1) is 13.8 Å². The molecule has 0 fully saturated rings. The van der Waals surface area contributed by atoms with Gasteiger partial charge in [-0.3, -0.25) is 4.79 Å². The molecule has 0 aliphatic heterocycles. The van der Waals surface area contributed by atoms with Crippen molar-refractivity contribution in [2.45, 2.75) is 31.6 Å². The molecule has 158 valence electrons. The maximum atomic E-state index is 12.5. The molecule has 1 heterocycles. The molecule has 0 spiro atoms. The number of nitrogens with zero attached hydrogens (tertiary/aromatic N) is 1. The van der Waals surface area contributed by atoms with Gasteiger partial charge in [-0.05, 0) is 56.7 Å². The van der Waals surface area contributed by atoms with Crippen molar-refractivity contribution in [3.8, 4) is 5.75 Å². The second kappa shape index (κ2) is 9.45. The van der Waals surface area contributed by atoms with Crippen LogP contribution in [0.3, 0.4) is 0 Å². The molecule has 0 aliphatic rings. The maximum Gasteiger partial charge on any atom is 0.264 e.